The monoisotopic (exact) mass is 367 g/mol. The number of rotatable bonds is 7. The molecule has 146 valence electrons. The van der Waals surface area contributed by atoms with Crippen molar-refractivity contribution in [2.45, 2.75) is 52.5 Å². The van der Waals surface area contributed by atoms with Crippen LogP contribution in [0, 0.1) is 19.8 Å². The van der Waals surface area contributed by atoms with E-state index >= 15 is 0 Å². The van der Waals surface area contributed by atoms with E-state index in [2.05, 4.69) is 73.8 Å². The van der Waals surface area contributed by atoms with Crippen LogP contribution in [0.5, 0.6) is 0 Å². The smallest absolute Gasteiger partial charge is 0.191 e. The molecule has 3 unspecified atom stereocenters. The minimum absolute atomic E-state index is 0.300. The van der Waals surface area contributed by atoms with E-state index in [0.29, 0.717) is 17.9 Å². The lowest BCUT2D eigenvalue weighted by atomic mass is 10.1. The standard InChI is InChI=1S/C22H33N5/c1-6-23-22(24-14-19-13-21(19)18-10-8-7-9-11-18)25-15(2)12-20-16(3)26-27(5)17(20)4/h7-11,15,19,21H,6,12-14H2,1-5H3,(H2,23,24,25). The molecule has 1 aliphatic carbocycles. The van der Waals surface area contributed by atoms with Crippen molar-refractivity contribution in [1.29, 1.82) is 0 Å². The summed E-state index contributed by atoms with van der Waals surface area (Å²) in [7, 11) is 2.01. The summed E-state index contributed by atoms with van der Waals surface area (Å²) in [5.41, 5.74) is 5.15. The zero-order chi connectivity index (χ0) is 19.4. The summed E-state index contributed by atoms with van der Waals surface area (Å²) in [5.74, 6) is 2.26. The zero-order valence-electron chi connectivity index (χ0n) is 17.3. The second kappa shape index (κ2) is 8.59. The van der Waals surface area contributed by atoms with Gasteiger partial charge in [0.15, 0.2) is 5.96 Å². The van der Waals surface area contributed by atoms with Crippen molar-refractivity contribution in [2.24, 2.45) is 18.0 Å². The van der Waals surface area contributed by atoms with Crippen molar-refractivity contribution in [3.8, 4) is 0 Å². The zero-order valence-corrected chi connectivity index (χ0v) is 17.3. The van der Waals surface area contributed by atoms with Crippen molar-refractivity contribution in [3.05, 3.63) is 52.8 Å². The average molecular weight is 368 g/mol. The van der Waals surface area contributed by atoms with E-state index in [1.807, 2.05) is 11.7 Å². The van der Waals surface area contributed by atoms with Crippen molar-refractivity contribution in [3.63, 3.8) is 0 Å². The predicted octanol–water partition coefficient (Wildman–Crippen LogP) is 3.33. The SMILES string of the molecule is CCNC(=NCC1CC1c1ccccc1)NC(C)Cc1c(C)nn(C)c1C. The molecule has 1 aliphatic rings. The number of benzene rings is 1. The molecule has 5 heteroatoms. The normalized spacial score (nSPS) is 20.4. The van der Waals surface area contributed by atoms with Gasteiger partial charge in [-0.1, -0.05) is 30.3 Å². The van der Waals surface area contributed by atoms with Crippen LogP contribution in [0.4, 0.5) is 0 Å². The molecule has 1 aromatic carbocycles. The maximum atomic E-state index is 4.86. The van der Waals surface area contributed by atoms with Crippen LogP contribution in [-0.2, 0) is 13.5 Å². The largest absolute Gasteiger partial charge is 0.357 e. The summed E-state index contributed by atoms with van der Waals surface area (Å²) in [6.45, 7) is 10.3. The fourth-order valence-corrected chi connectivity index (χ4v) is 3.79. The number of nitrogens with zero attached hydrogens (tertiary/aromatic N) is 3. The molecular weight excluding hydrogens is 334 g/mol. The molecule has 1 heterocycles. The van der Waals surface area contributed by atoms with Crippen LogP contribution in [0.15, 0.2) is 35.3 Å². The summed E-state index contributed by atoms with van der Waals surface area (Å²) in [4.78, 5) is 4.86. The van der Waals surface area contributed by atoms with Crippen LogP contribution >= 0.6 is 0 Å². The molecule has 1 aromatic heterocycles. The Hall–Kier alpha value is -2.30. The average Bonchev–Trinajstić information content (AvgIpc) is 3.39. The third-order valence-corrected chi connectivity index (χ3v) is 5.53. The third kappa shape index (κ3) is 4.90. The highest BCUT2D eigenvalue weighted by Crippen LogP contribution is 2.47. The highest BCUT2D eigenvalue weighted by molar-refractivity contribution is 5.80. The van der Waals surface area contributed by atoms with Crippen LogP contribution < -0.4 is 10.6 Å². The summed E-state index contributed by atoms with van der Waals surface area (Å²) in [6, 6.07) is 11.1. The fraction of sp³-hybridized carbons (Fsp3) is 0.545. The van der Waals surface area contributed by atoms with Gasteiger partial charge >= 0.3 is 0 Å². The van der Waals surface area contributed by atoms with Gasteiger partial charge < -0.3 is 10.6 Å². The first kappa shape index (κ1) is 19.5. The first-order chi connectivity index (χ1) is 13.0. The molecule has 27 heavy (non-hydrogen) atoms. The minimum atomic E-state index is 0.300. The van der Waals surface area contributed by atoms with Gasteiger partial charge in [0.25, 0.3) is 0 Å². The second-order valence-electron chi connectivity index (χ2n) is 7.76. The molecule has 3 rings (SSSR count). The number of aromatic nitrogens is 2. The quantitative estimate of drug-likeness (QED) is 0.583. The maximum Gasteiger partial charge on any atom is 0.191 e. The molecule has 2 N–H and O–H groups in total. The fourth-order valence-electron chi connectivity index (χ4n) is 3.79. The van der Waals surface area contributed by atoms with E-state index in [1.165, 1.54) is 23.2 Å². The number of nitrogens with one attached hydrogen (secondary N) is 2. The second-order valence-corrected chi connectivity index (χ2v) is 7.76. The van der Waals surface area contributed by atoms with Gasteiger partial charge in [-0.25, -0.2) is 0 Å². The summed E-state index contributed by atoms with van der Waals surface area (Å²) in [6.07, 6.45) is 2.20. The molecule has 2 aromatic rings. The number of hydrogen-bond donors (Lipinski definition) is 2. The Bertz CT molecular complexity index is 778. The Kier molecular flexibility index (Phi) is 6.19. The molecule has 1 fully saturated rings. The molecule has 3 atom stereocenters. The Morgan fingerprint density at radius 1 is 1.30 bits per heavy atom. The van der Waals surface area contributed by atoms with Gasteiger partial charge in [0.1, 0.15) is 0 Å². The molecule has 0 spiro atoms. The van der Waals surface area contributed by atoms with Crippen molar-refractivity contribution < 1.29 is 0 Å². The minimum Gasteiger partial charge on any atom is -0.357 e. The lowest BCUT2D eigenvalue weighted by molar-refractivity contribution is 0.633. The first-order valence-corrected chi connectivity index (χ1v) is 10.1. The van der Waals surface area contributed by atoms with Crippen LogP contribution in [0.3, 0.4) is 0 Å². The van der Waals surface area contributed by atoms with Crippen molar-refractivity contribution in [2.75, 3.05) is 13.1 Å². The Balaban J connectivity index is 1.56. The topological polar surface area (TPSA) is 54.2 Å². The summed E-state index contributed by atoms with van der Waals surface area (Å²) >= 11 is 0. The highest BCUT2D eigenvalue weighted by Gasteiger charge is 2.37. The van der Waals surface area contributed by atoms with Crippen molar-refractivity contribution >= 4 is 5.96 Å². The van der Waals surface area contributed by atoms with Gasteiger partial charge in [-0.3, -0.25) is 9.67 Å². The molecule has 0 radical (unpaired) electrons. The predicted molar refractivity (Wildman–Crippen MR) is 112 cm³/mol. The van der Waals surface area contributed by atoms with Crippen LogP contribution in [0.2, 0.25) is 0 Å². The van der Waals surface area contributed by atoms with Gasteiger partial charge in [-0.05, 0) is 63.5 Å². The van der Waals surface area contributed by atoms with E-state index in [0.717, 1.165) is 31.2 Å². The van der Waals surface area contributed by atoms with Gasteiger partial charge in [-0.2, -0.15) is 5.10 Å². The van der Waals surface area contributed by atoms with Gasteiger partial charge in [-0.15, -0.1) is 0 Å². The van der Waals surface area contributed by atoms with Gasteiger partial charge in [0.05, 0.1) is 5.69 Å². The van der Waals surface area contributed by atoms with Gasteiger partial charge in [0.2, 0.25) is 0 Å². The number of aryl methyl sites for hydroxylation is 2. The third-order valence-electron chi connectivity index (χ3n) is 5.53. The van der Waals surface area contributed by atoms with Crippen molar-refractivity contribution in [1.82, 2.24) is 20.4 Å². The molecule has 0 bridgehead atoms. The van der Waals surface area contributed by atoms with E-state index in [1.54, 1.807) is 0 Å². The van der Waals surface area contributed by atoms with Crippen LogP contribution in [0.1, 0.15) is 48.7 Å². The summed E-state index contributed by atoms with van der Waals surface area (Å²) < 4.78 is 1.97. The molecule has 0 aliphatic heterocycles. The number of aliphatic imine (C=N–C) groups is 1. The highest BCUT2D eigenvalue weighted by atomic mass is 15.3. The van der Waals surface area contributed by atoms with E-state index in [-0.39, 0.29) is 0 Å². The van der Waals surface area contributed by atoms with Crippen LogP contribution in [-0.4, -0.2) is 34.9 Å². The first-order valence-electron chi connectivity index (χ1n) is 10.1. The molecule has 1 saturated carbocycles. The van der Waals surface area contributed by atoms with Crippen LogP contribution in [0.25, 0.3) is 0 Å². The lowest BCUT2D eigenvalue weighted by Gasteiger charge is -2.18. The maximum absolute atomic E-state index is 4.86. The summed E-state index contributed by atoms with van der Waals surface area (Å²) in [5, 5.41) is 11.5. The Labute approximate surface area is 163 Å². The Morgan fingerprint density at radius 3 is 2.67 bits per heavy atom. The molecular formula is C22H33N5. The van der Waals surface area contributed by atoms with Gasteiger partial charge in [0, 0.05) is 31.9 Å². The molecule has 0 saturated heterocycles. The van der Waals surface area contributed by atoms with E-state index in [9.17, 15) is 0 Å². The number of guanidine groups is 1. The Morgan fingerprint density at radius 2 is 2.04 bits per heavy atom. The molecule has 0 amide bonds. The van der Waals surface area contributed by atoms with E-state index in [4.69, 9.17) is 4.99 Å². The van der Waals surface area contributed by atoms with E-state index < -0.39 is 0 Å². The lowest BCUT2D eigenvalue weighted by Crippen LogP contribution is -2.43. The molecule has 5 nitrogen and oxygen atoms in total. The number of hydrogen-bond acceptors (Lipinski definition) is 2.